The van der Waals surface area contributed by atoms with Crippen LogP contribution in [-0.4, -0.2) is 43.3 Å². The Hall–Kier alpha value is -4.07. The molecular formula is C27H25F2NO5. The summed E-state index contributed by atoms with van der Waals surface area (Å²) in [6, 6.07) is 20.1. The van der Waals surface area contributed by atoms with Crippen molar-refractivity contribution in [3.05, 3.63) is 95.2 Å². The van der Waals surface area contributed by atoms with Crippen LogP contribution in [0.25, 0.3) is 5.57 Å². The number of hydrogen-bond donors (Lipinski definition) is 1. The third-order valence-corrected chi connectivity index (χ3v) is 5.92. The number of carbonyl (C=O) groups excluding carboxylic acids is 1. The number of amides is 1. The van der Waals surface area contributed by atoms with Gasteiger partial charge in [0.25, 0.3) is 5.91 Å². The summed E-state index contributed by atoms with van der Waals surface area (Å²) in [6.07, 6.45) is 0.435. The lowest BCUT2D eigenvalue weighted by Gasteiger charge is -2.28. The van der Waals surface area contributed by atoms with E-state index in [-0.39, 0.29) is 18.1 Å². The van der Waals surface area contributed by atoms with E-state index in [0.717, 1.165) is 5.56 Å². The van der Waals surface area contributed by atoms with Gasteiger partial charge in [0.05, 0.1) is 20.3 Å². The van der Waals surface area contributed by atoms with E-state index < -0.39 is 18.6 Å². The number of ether oxygens (including phenoxy) is 3. The average molecular weight is 481 g/mol. The Morgan fingerprint density at radius 1 is 0.943 bits per heavy atom. The molecule has 0 spiro atoms. The van der Waals surface area contributed by atoms with E-state index in [2.05, 4.69) is 4.74 Å². The van der Waals surface area contributed by atoms with Crippen molar-refractivity contribution in [3.63, 3.8) is 0 Å². The Kier molecular flexibility index (Phi) is 7.19. The van der Waals surface area contributed by atoms with Gasteiger partial charge in [-0.3, -0.25) is 4.79 Å². The van der Waals surface area contributed by atoms with Gasteiger partial charge in [-0.1, -0.05) is 54.6 Å². The molecule has 6 nitrogen and oxygen atoms in total. The molecule has 0 aliphatic carbocycles. The predicted octanol–water partition coefficient (Wildman–Crippen LogP) is 5.40. The molecule has 8 heteroatoms. The maximum atomic E-state index is 13.2. The summed E-state index contributed by atoms with van der Waals surface area (Å²) in [6.45, 7) is -2.67. The van der Waals surface area contributed by atoms with Gasteiger partial charge in [-0.15, -0.1) is 0 Å². The first-order chi connectivity index (χ1) is 16.9. The van der Waals surface area contributed by atoms with E-state index in [9.17, 15) is 18.7 Å². The van der Waals surface area contributed by atoms with Crippen LogP contribution in [0.2, 0.25) is 0 Å². The number of para-hydroxylation sites is 1. The van der Waals surface area contributed by atoms with E-state index in [1.807, 2.05) is 42.5 Å². The number of carbonyl (C=O) groups is 1. The van der Waals surface area contributed by atoms with Gasteiger partial charge in [0.1, 0.15) is 5.75 Å². The molecule has 1 aliphatic heterocycles. The van der Waals surface area contributed by atoms with E-state index in [1.54, 1.807) is 37.3 Å². The number of aliphatic hydroxyl groups is 1. The minimum atomic E-state index is -2.94. The number of halogens is 2. The number of rotatable bonds is 9. The molecule has 1 amide bonds. The zero-order valence-electron chi connectivity index (χ0n) is 19.3. The second-order valence-corrected chi connectivity index (χ2v) is 7.88. The normalized spacial score (nSPS) is 15.6. The van der Waals surface area contributed by atoms with Crippen LogP contribution < -0.4 is 14.2 Å². The first-order valence-corrected chi connectivity index (χ1v) is 11.0. The molecule has 182 valence electrons. The van der Waals surface area contributed by atoms with Crippen LogP contribution in [0.15, 0.2) is 78.6 Å². The van der Waals surface area contributed by atoms with Crippen LogP contribution in [-0.2, 0) is 11.2 Å². The maximum Gasteiger partial charge on any atom is 0.387 e. The molecule has 0 aromatic heterocycles. The molecule has 1 heterocycles. The molecule has 3 aromatic carbocycles. The topological polar surface area (TPSA) is 68.2 Å². The summed E-state index contributed by atoms with van der Waals surface area (Å²) < 4.78 is 40.6. The molecule has 0 saturated carbocycles. The average Bonchev–Trinajstić information content (AvgIpc) is 3.12. The SMILES string of the molecule is COc1cccc(CCN2C(=O)C(O)=C(c3ccccc3)C2c2ccc(OC(F)F)cc2)c1OC. The first kappa shape index (κ1) is 24.1. The van der Waals surface area contributed by atoms with Gasteiger partial charge in [-0.05, 0) is 41.3 Å². The lowest BCUT2D eigenvalue weighted by atomic mass is 9.93. The summed E-state index contributed by atoms with van der Waals surface area (Å²) in [4.78, 5) is 14.8. The van der Waals surface area contributed by atoms with Gasteiger partial charge in [-0.2, -0.15) is 8.78 Å². The predicted molar refractivity (Wildman–Crippen MR) is 127 cm³/mol. The van der Waals surface area contributed by atoms with Crippen molar-refractivity contribution in [2.24, 2.45) is 0 Å². The quantitative estimate of drug-likeness (QED) is 0.443. The van der Waals surface area contributed by atoms with Crippen LogP contribution in [0.4, 0.5) is 8.78 Å². The Morgan fingerprint density at radius 3 is 2.29 bits per heavy atom. The van der Waals surface area contributed by atoms with E-state index in [1.165, 1.54) is 12.1 Å². The van der Waals surface area contributed by atoms with E-state index in [0.29, 0.717) is 34.6 Å². The molecule has 1 N–H and O–H groups in total. The minimum Gasteiger partial charge on any atom is -0.503 e. The second kappa shape index (κ2) is 10.5. The number of alkyl halides is 2. The zero-order chi connectivity index (χ0) is 24.9. The minimum absolute atomic E-state index is 0.00945. The molecule has 1 unspecified atom stereocenters. The second-order valence-electron chi connectivity index (χ2n) is 7.88. The maximum absolute atomic E-state index is 13.2. The third kappa shape index (κ3) is 4.91. The number of methoxy groups -OCH3 is 2. The molecule has 4 rings (SSSR count). The van der Waals surface area contributed by atoms with Gasteiger partial charge < -0.3 is 24.2 Å². The van der Waals surface area contributed by atoms with Crippen LogP contribution in [0.1, 0.15) is 22.7 Å². The van der Waals surface area contributed by atoms with Gasteiger partial charge in [0.2, 0.25) is 0 Å². The van der Waals surface area contributed by atoms with Crippen molar-refractivity contribution in [1.29, 1.82) is 0 Å². The fourth-order valence-corrected chi connectivity index (χ4v) is 4.37. The highest BCUT2D eigenvalue weighted by atomic mass is 19.3. The van der Waals surface area contributed by atoms with Gasteiger partial charge in [0, 0.05) is 12.1 Å². The molecular weight excluding hydrogens is 456 g/mol. The molecule has 1 aliphatic rings. The molecule has 0 saturated heterocycles. The summed E-state index contributed by atoms with van der Waals surface area (Å²) in [7, 11) is 3.10. The van der Waals surface area contributed by atoms with Gasteiger partial charge in [-0.25, -0.2) is 0 Å². The standard InChI is InChI=1S/C27H25F2NO5/c1-33-21-10-6-9-19(25(21)34-2)15-16-30-23(18-11-13-20(14-12-18)35-27(28)29)22(24(31)26(30)32)17-7-4-3-5-8-17/h3-14,23,27,31H,15-16H2,1-2H3. The van der Waals surface area contributed by atoms with Crippen LogP contribution >= 0.6 is 0 Å². The molecule has 0 fully saturated rings. The van der Waals surface area contributed by atoms with Crippen molar-refractivity contribution in [1.82, 2.24) is 4.90 Å². The Morgan fingerprint density at radius 2 is 1.66 bits per heavy atom. The van der Waals surface area contributed by atoms with Crippen molar-refractivity contribution < 1.29 is 32.9 Å². The highest BCUT2D eigenvalue weighted by Gasteiger charge is 2.40. The smallest absolute Gasteiger partial charge is 0.387 e. The molecule has 3 aromatic rings. The van der Waals surface area contributed by atoms with Crippen molar-refractivity contribution >= 4 is 11.5 Å². The molecule has 35 heavy (non-hydrogen) atoms. The van der Waals surface area contributed by atoms with E-state index in [4.69, 9.17) is 9.47 Å². The largest absolute Gasteiger partial charge is 0.503 e. The molecule has 0 radical (unpaired) electrons. The molecule has 1 atom stereocenters. The lowest BCUT2D eigenvalue weighted by molar-refractivity contribution is -0.129. The Bertz CT molecular complexity index is 1210. The Labute approximate surface area is 202 Å². The first-order valence-electron chi connectivity index (χ1n) is 11.0. The van der Waals surface area contributed by atoms with E-state index >= 15 is 0 Å². The summed E-state index contributed by atoms with van der Waals surface area (Å²) >= 11 is 0. The van der Waals surface area contributed by atoms with Gasteiger partial charge >= 0.3 is 6.61 Å². The number of nitrogens with zero attached hydrogens (tertiary/aromatic N) is 1. The lowest BCUT2D eigenvalue weighted by Crippen LogP contribution is -2.32. The Balaban J connectivity index is 1.70. The fraction of sp³-hybridized carbons (Fsp3) is 0.222. The summed E-state index contributed by atoms with van der Waals surface area (Å²) in [5, 5.41) is 10.9. The highest BCUT2D eigenvalue weighted by molar-refractivity contribution is 6.05. The summed E-state index contributed by atoms with van der Waals surface area (Å²) in [5.74, 6) is 0.313. The van der Waals surface area contributed by atoms with Crippen molar-refractivity contribution in [2.45, 2.75) is 19.1 Å². The number of hydrogen-bond acceptors (Lipinski definition) is 5. The van der Waals surface area contributed by atoms with Crippen LogP contribution in [0, 0.1) is 0 Å². The summed E-state index contributed by atoms with van der Waals surface area (Å²) in [5.41, 5.74) is 2.64. The van der Waals surface area contributed by atoms with Crippen LogP contribution in [0.3, 0.4) is 0 Å². The van der Waals surface area contributed by atoms with Crippen molar-refractivity contribution in [3.8, 4) is 17.2 Å². The van der Waals surface area contributed by atoms with Crippen molar-refractivity contribution in [2.75, 3.05) is 20.8 Å². The zero-order valence-corrected chi connectivity index (χ0v) is 19.3. The van der Waals surface area contributed by atoms with Gasteiger partial charge in [0.15, 0.2) is 17.3 Å². The molecule has 0 bridgehead atoms. The number of aliphatic hydroxyl groups excluding tert-OH is 1. The monoisotopic (exact) mass is 481 g/mol. The highest BCUT2D eigenvalue weighted by Crippen LogP contribution is 2.43. The third-order valence-electron chi connectivity index (χ3n) is 5.92. The fourth-order valence-electron chi connectivity index (χ4n) is 4.37. The number of benzene rings is 3. The van der Waals surface area contributed by atoms with Crippen LogP contribution in [0.5, 0.6) is 17.2 Å².